The molecule has 0 aromatic carbocycles. The number of carbonyl (C=O) groups excluding carboxylic acids is 2. The lowest BCUT2D eigenvalue weighted by Gasteiger charge is -2.22. The first-order chi connectivity index (χ1) is 11.5. The van der Waals surface area contributed by atoms with Crippen LogP contribution in [0.1, 0.15) is 77.6 Å². The maximum atomic E-state index is 11.9. The van der Waals surface area contributed by atoms with Gasteiger partial charge in [-0.15, -0.1) is 5.92 Å². The van der Waals surface area contributed by atoms with E-state index in [0.29, 0.717) is 44.4 Å². The lowest BCUT2D eigenvalue weighted by molar-refractivity contribution is -0.137. The molecule has 1 amide bonds. The SMILES string of the molecule is CCCCCC(=O)CCC1CCC(=O)N1CC#CCCCC(=O)O. The van der Waals surface area contributed by atoms with Crippen molar-refractivity contribution >= 4 is 17.7 Å². The number of amides is 1. The molecule has 0 aromatic rings. The van der Waals surface area contributed by atoms with Crippen LogP contribution in [0.2, 0.25) is 0 Å². The number of Topliss-reactive ketones (excluding diaryl/α,β-unsaturated/α-hetero) is 1. The molecule has 0 bridgehead atoms. The second kappa shape index (κ2) is 11.7. The van der Waals surface area contributed by atoms with E-state index in [1.165, 1.54) is 0 Å². The Morgan fingerprint density at radius 2 is 1.96 bits per heavy atom. The van der Waals surface area contributed by atoms with Crippen molar-refractivity contribution in [3.63, 3.8) is 0 Å². The summed E-state index contributed by atoms with van der Waals surface area (Å²) in [6, 6.07) is 0.126. The standard InChI is InChI=1S/C19H29NO4/c1-2-3-6-9-17(21)13-11-16-12-14-18(22)20(16)15-8-5-4-7-10-19(23)24/h16H,2-4,6-7,9-15H2,1H3,(H,23,24). The molecule has 5 nitrogen and oxygen atoms in total. The van der Waals surface area contributed by atoms with Crippen LogP contribution in [0.4, 0.5) is 0 Å². The lowest BCUT2D eigenvalue weighted by Crippen LogP contribution is -2.33. The summed E-state index contributed by atoms with van der Waals surface area (Å²) in [6.45, 7) is 2.51. The van der Waals surface area contributed by atoms with Crippen molar-refractivity contribution < 1.29 is 19.5 Å². The normalized spacial score (nSPS) is 16.8. The molecule has 1 fully saturated rings. The zero-order chi connectivity index (χ0) is 17.8. The Bertz CT molecular complexity index is 489. The molecule has 1 atom stereocenters. The molecule has 0 radical (unpaired) electrons. The van der Waals surface area contributed by atoms with Crippen molar-refractivity contribution in [3.8, 4) is 11.8 Å². The summed E-state index contributed by atoms with van der Waals surface area (Å²) in [5, 5.41) is 8.56. The average molecular weight is 335 g/mol. The summed E-state index contributed by atoms with van der Waals surface area (Å²) in [5.74, 6) is 5.50. The number of rotatable bonds is 11. The Balaban J connectivity index is 2.31. The molecular formula is C19H29NO4. The zero-order valence-corrected chi connectivity index (χ0v) is 14.7. The van der Waals surface area contributed by atoms with Crippen LogP contribution >= 0.6 is 0 Å². The van der Waals surface area contributed by atoms with Gasteiger partial charge in [0.25, 0.3) is 0 Å². The topological polar surface area (TPSA) is 74.7 Å². The van der Waals surface area contributed by atoms with Gasteiger partial charge in [-0.05, 0) is 25.7 Å². The fourth-order valence-corrected chi connectivity index (χ4v) is 2.89. The van der Waals surface area contributed by atoms with Gasteiger partial charge in [0.15, 0.2) is 0 Å². The highest BCUT2D eigenvalue weighted by atomic mass is 16.4. The predicted octanol–water partition coefficient (Wildman–Crippen LogP) is 3.17. The molecule has 1 saturated heterocycles. The number of unbranched alkanes of at least 4 members (excludes halogenated alkanes) is 3. The van der Waals surface area contributed by atoms with Gasteiger partial charge >= 0.3 is 5.97 Å². The number of carboxylic acid groups (broad SMARTS) is 1. The lowest BCUT2D eigenvalue weighted by atomic mass is 10.0. The highest BCUT2D eigenvalue weighted by Gasteiger charge is 2.30. The maximum Gasteiger partial charge on any atom is 0.303 e. The summed E-state index contributed by atoms with van der Waals surface area (Å²) < 4.78 is 0. The number of hydrogen-bond acceptors (Lipinski definition) is 3. The molecular weight excluding hydrogens is 306 g/mol. The molecule has 1 N–H and O–H groups in total. The first-order valence-corrected chi connectivity index (χ1v) is 9.03. The molecule has 0 spiro atoms. The van der Waals surface area contributed by atoms with E-state index in [4.69, 9.17) is 5.11 Å². The summed E-state index contributed by atoms with van der Waals surface area (Å²) in [6.07, 6.45) is 7.64. The minimum absolute atomic E-state index is 0.110. The number of hydrogen-bond donors (Lipinski definition) is 1. The van der Waals surface area contributed by atoms with Gasteiger partial charge in [-0.1, -0.05) is 25.7 Å². The van der Waals surface area contributed by atoms with Crippen LogP contribution in [-0.4, -0.2) is 40.3 Å². The summed E-state index contributed by atoms with van der Waals surface area (Å²) >= 11 is 0. The van der Waals surface area contributed by atoms with Crippen molar-refractivity contribution in [2.24, 2.45) is 0 Å². The van der Waals surface area contributed by atoms with Crippen LogP contribution in [0.15, 0.2) is 0 Å². The molecule has 134 valence electrons. The molecule has 0 aromatic heterocycles. The average Bonchev–Trinajstić information content (AvgIpc) is 2.89. The minimum atomic E-state index is -0.810. The van der Waals surface area contributed by atoms with Gasteiger partial charge in [-0.25, -0.2) is 0 Å². The van der Waals surface area contributed by atoms with E-state index in [-0.39, 0.29) is 18.4 Å². The third kappa shape index (κ3) is 8.14. The Kier molecular flexibility index (Phi) is 9.83. The zero-order valence-electron chi connectivity index (χ0n) is 14.7. The van der Waals surface area contributed by atoms with E-state index < -0.39 is 5.97 Å². The third-order valence-electron chi connectivity index (χ3n) is 4.33. The van der Waals surface area contributed by atoms with E-state index in [1.807, 2.05) is 0 Å². The second-order valence-corrected chi connectivity index (χ2v) is 6.35. The van der Waals surface area contributed by atoms with Crippen molar-refractivity contribution in [3.05, 3.63) is 0 Å². The van der Waals surface area contributed by atoms with Crippen molar-refractivity contribution in [2.75, 3.05) is 6.54 Å². The molecule has 24 heavy (non-hydrogen) atoms. The van der Waals surface area contributed by atoms with E-state index in [1.54, 1.807) is 4.90 Å². The van der Waals surface area contributed by atoms with Gasteiger partial charge in [-0.2, -0.15) is 0 Å². The van der Waals surface area contributed by atoms with Gasteiger partial charge in [0.05, 0.1) is 6.54 Å². The largest absolute Gasteiger partial charge is 0.481 e. The van der Waals surface area contributed by atoms with Gasteiger partial charge in [0.2, 0.25) is 5.91 Å². The van der Waals surface area contributed by atoms with Crippen LogP contribution in [0.5, 0.6) is 0 Å². The third-order valence-corrected chi connectivity index (χ3v) is 4.33. The molecule has 1 unspecified atom stereocenters. The van der Waals surface area contributed by atoms with Crippen molar-refractivity contribution in [1.82, 2.24) is 4.90 Å². The number of likely N-dealkylation sites (tertiary alicyclic amines) is 1. The van der Waals surface area contributed by atoms with Crippen molar-refractivity contribution in [1.29, 1.82) is 0 Å². The summed E-state index contributed by atoms with van der Waals surface area (Å²) in [7, 11) is 0. The molecule has 1 rings (SSSR count). The number of carbonyl (C=O) groups is 3. The van der Waals surface area contributed by atoms with Crippen LogP contribution < -0.4 is 0 Å². The highest BCUT2D eigenvalue weighted by Crippen LogP contribution is 2.22. The van der Waals surface area contributed by atoms with Gasteiger partial charge in [0, 0.05) is 38.1 Å². The van der Waals surface area contributed by atoms with Crippen molar-refractivity contribution in [2.45, 2.75) is 83.6 Å². The Labute approximate surface area is 144 Å². The first-order valence-electron chi connectivity index (χ1n) is 9.03. The number of aliphatic carboxylic acids is 1. The molecule has 1 aliphatic heterocycles. The summed E-state index contributed by atoms with van der Waals surface area (Å²) in [5.41, 5.74) is 0. The van der Waals surface area contributed by atoms with Gasteiger partial charge in [-0.3, -0.25) is 14.4 Å². The van der Waals surface area contributed by atoms with Crippen LogP contribution in [0.25, 0.3) is 0 Å². The Morgan fingerprint density at radius 1 is 1.17 bits per heavy atom. The monoisotopic (exact) mass is 335 g/mol. The maximum absolute atomic E-state index is 11.9. The molecule has 0 aliphatic carbocycles. The van der Waals surface area contributed by atoms with Gasteiger partial charge in [0.1, 0.15) is 5.78 Å². The van der Waals surface area contributed by atoms with Crippen LogP contribution in [-0.2, 0) is 14.4 Å². The fourth-order valence-electron chi connectivity index (χ4n) is 2.89. The van der Waals surface area contributed by atoms with E-state index in [9.17, 15) is 14.4 Å². The molecule has 1 heterocycles. The van der Waals surface area contributed by atoms with Crippen LogP contribution in [0.3, 0.4) is 0 Å². The Hall–Kier alpha value is -1.83. The Morgan fingerprint density at radius 3 is 2.67 bits per heavy atom. The second-order valence-electron chi connectivity index (χ2n) is 6.35. The fraction of sp³-hybridized carbons (Fsp3) is 0.737. The van der Waals surface area contributed by atoms with Gasteiger partial charge < -0.3 is 10.0 Å². The number of ketones is 1. The van der Waals surface area contributed by atoms with E-state index >= 15 is 0 Å². The minimum Gasteiger partial charge on any atom is -0.481 e. The highest BCUT2D eigenvalue weighted by molar-refractivity contribution is 5.80. The van der Waals surface area contributed by atoms with E-state index in [2.05, 4.69) is 18.8 Å². The summed E-state index contributed by atoms with van der Waals surface area (Å²) in [4.78, 5) is 36.0. The smallest absolute Gasteiger partial charge is 0.303 e. The van der Waals surface area contributed by atoms with E-state index in [0.717, 1.165) is 32.1 Å². The predicted molar refractivity (Wildman–Crippen MR) is 92.4 cm³/mol. The van der Waals surface area contributed by atoms with Crippen LogP contribution in [0, 0.1) is 11.8 Å². The number of nitrogens with zero attached hydrogens (tertiary/aromatic N) is 1. The molecule has 0 saturated carbocycles. The first kappa shape index (κ1) is 20.2. The number of carboxylic acids is 1. The quantitative estimate of drug-likeness (QED) is 0.465. The molecule has 5 heteroatoms. The molecule has 1 aliphatic rings.